The molecular formula is C19H15BrN4OS. The number of nitrogens with one attached hydrogen (secondary N) is 1. The van der Waals surface area contributed by atoms with Crippen LogP contribution in [0.1, 0.15) is 29.3 Å². The zero-order valence-corrected chi connectivity index (χ0v) is 16.6. The van der Waals surface area contributed by atoms with Crippen molar-refractivity contribution in [1.29, 1.82) is 15.9 Å². The molecule has 1 unspecified atom stereocenters. The number of alkyl halides is 1. The number of likely N-dealkylation sites (tertiary alicyclic amines) is 1. The number of nitriles is 2. The number of nitrogens with zero attached hydrogens (tertiary/aromatic N) is 3. The van der Waals surface area contributed by atoms with E-state index in [2.05, 4.69) is 28.1 Å². The number of halogens is 1. The Bertz CT molecular complexity index is 967. The highest BCUT2D eigenvalue weighted by Crippen LogP contribution is 2.44. The van der Waals surface area contributed by atoms with E-state index in [-0.39, 0.29) is 5.91 Å². The van der Waals surface area contributed by atoms with Gasteiger partial charge in [-0.05, 0) is 40.8 Å². The second-order valence-electron chi connectivity index (χ2n) is 6.52. The lowest BCUT2D eigenvalue weighted by Gasteiger charge is -2.41. The summed E-state index contributed by atoms with van der Waals surface area (Å²) in [7, 11) is 1.62. The Kier molecular flexibility index (Phi) is 4.70. The lowest BCUT2D eigenvalue weighted by atomic mass is 9.77. The van der Waals surface area contributed by atoms with Gasteiger partial charge in [0, 0.05) is 23.8 Å². The number of hydrogen-bond acceptors (Lipinski definition) is 5. The van der Waals surface area contributed by atoms with Gasteiger partial charge in [0.05, 0.1) is 23.3 Å². The highest BCUT2D eigenvalue weighted by Gasteiger charge is 2.47. The average molecular weight is 427 g/mol. The predicted molar refractivity (Wildman–Crippen MR) is 104 cm³/mol. The van der Waals surface area contributed by atoms with E-state index < -0.39 is 10.2 Å². The minimum absolute atomic E-state index is 0.128. The van der Waals surface area contributed by atoms with Crippen LogP contribution in [0, 0.1) is 28.1 Å². The molecule has 0 aliphatic carbocycles. The minimum atomic E-state index is -0.519. The van der Waals surface area contributed by atoms with Gasteiger partial charge in [-0.25, -0.2) is 0 Å². The van der Waals surface area contributed by atoms with Crippen LogP contribution in [-0.2, 0) is 10.2 Å². The van der Waals surface area contributed by atoms with E-state index in [0.29, 0.717) is 23.4 Å². The lowest BCUT2D eigenvalue weighted by Crippen LogP contribution is -2.54. The van der Waals surface area contributed by atoms with Crippen molar-refractivity contribution in [3.05, 3.63) is 45.6 Å². The summed E-state index contributed by atoms with van der Waals surface area (Å²) in [6.07, 6.45) is 0.451. The molecule has 1 aliphatic rings. The van der Waals surface area contributed by atoms with Crippen LogP contribution >= 0.6 is 27.3 Å². The second-order valence-corrected chi connectivity index (χ2v) is 8.35. The van der Waals surface area contributed by atoms with Crippen molar-refractivity contribution in [2.75, 3.05) is 7.05 Å². The van der Waals surface area contributed by atoms with Crippen LogP contribution in [0.25, 0.3) is 11.1 Å². The van der Waals surface area contributed by atoms with Crippen molar-refractivity contribution >= 4 is 39.0 Å². The molecule has 1 aromatic heterocycles. The summed E-state index contributed by atoms with van der Waals surface area (Å²) >= 11 is 5.05. The van der Waals surface area contributed by atoms with Crippen LogP contribution in [0.3, 0.4) is 0 Å². The highest BCUT2D eigenvalue weighted by molar-refractivity contribution is 9.10. The van der Waals surface area contributed by atoms with E-state index in [4.69, 9.17) is 15.9 Å². The summed E-state index contributed by atoms with van der Waals surface area (Å²) in [5.41, 5.74) is 2.05. The van der Waals surface area contributed by atoms with Gasteiger partial charge in [0.1, 0.15) is 10.7 Å². The van der Waals surface area contributed by atoms with E-state index in [0.717, 1.165) is 16.0 Å². The van der Waals surface area contributed by atoms with Crippen molar-refractivity contribution in [2.24, 2.45) is 0 Å². The fourth-order valence-corrected chi connectivity index (χ4v) is 5.03. The number of rotatable bonds is 2. The Morgan fingerprint density at radius 3 is 2.42 bits per heavy atom. The maximum absolute atomic E-state index is 12.4. The number of amides is 1. The SMILES string of the molecule is CN1C(=N)C[C@](C)(c2cc(-c3cc(C#N)cc(C#N)c3)cs2)C(Br)C1=O. The standard InChI is InChI=1S/C19H15BrN4OS/c1-19(7-16(23)24(2)18(25)17(19)20)15-6-14(10-26-15)13-4-11(8-21)3-12(5-13)9-22/h3-6,10,17,23H,7H2,1-2H3/t17?,19-/m1/s1. The van der Waals surface area contributed by atoms with Crippen LogP contribution in [0.4, 0.5) is 0 Å². The smallest absolute Gasteiger partial charge is 0.242 e. The number of thiophene rings is 1. The van der Waals surface area contributed by atoms with E-state index in [1.807, 2.05) is 18.4 Å². The van der Waals surface area contributed by atoms with Gasteiger partial charge in [0.2, 0.25) is 5.91 Å². The van der Waals surface area contributed by atoms with E-state index >= 15 is 0 Å². The lowest BCUT2D eigenvalue weighted by molar-refractivity contribution is -0.128. The molecule has 2 atom stereocenters. The number of carbonyl (C=O) groups is 1. The molecule has 7 heteroatoms. The monoisotopic (exact) mass is 426 g/mol. The number of carbonyl (C=O) groups excluding carboxylic acids is 1. The topological polar surface area (TPSA) is 91.7 Å². The third kappa shape index (κ3) is 2.94. The summed E-state index contributed by atoms with van der Waals surface area (Å²) in [5.74, 6) is 0.165. The van der Waals surface area contributed by atoms with E-state index in [9.17, 15) is 4.79 Å². The van der Waals surface area contributed by atoms with Gasteiger partial charge in [-0.15, -0.1) is 11.3 Å². The number of hydrogen-bond donors (Lipinski definition) is 1. The summed E-state index contributed by atoms with van der Waals surface area (Å²) < 4.78 is 0. The summed E-state index contributed by atoms with van der Waals surface area (Å²) in [4.78, 5) is 14.4. The van der Waals surface area contributed by atoms with Gasteiger partial charge in [-0.3, -0.25) is 10.2 Å². The first-order chi connectivity index (χ1) is 12.3. The molecule has 130 valence electrons. The highest BCUT2D eigenvalue weighted by atomic mass is 79.9. The van der Waals surface area contributed by atoms with Crippen LogP contribution in [0.5, 0.6) is 0 Å². The molecule has 0 bridgehead atoms. The van der Waals surface area contributed by atoms with Gasteiger partial charge in [-0.2, -0.15) is 10.5 Å². The molecule has 1 saturated heterocycles. The zero-order valence-electron chi connectivity index (χ0n) is 14.2. The van der Waals surface area contributed by atoms with Crippen LogP contribution in [0.2, 0.25) is 0 Å². The van der Waals surface area contributed by atoms with Gasteiger partial charge in [0.15, 0.2) is 0 Å². The molecular weight excluding hydrogens is 412 g/mol. The first-order valence-corrected chi connectivity index (χ1v) is 9.63. The molecule has 0 saturated carbocycles. The van der Waals surface area contributed by atoms with Crippen LogP contribution < -0.4 is 0 Å². The van der Waals surface area contributed by atoms with E-state index in [1.54, 1.807) is 25.2 Å². The molecule has 26 heavy (non-hydrogen) atoms. The third-order valence-electron chi connectivity index (χ3n) is 4.73. The van der Waals surface area contributed by atoms with E-state index in [1.165, 1.54) is 16.2 Å². The molecule has 3 rings (SSSR count). The van der Waals surface area contributed by atoms with Gasteiger partial charge in [0.25, 0.3) is 0 Å². The second kappa shape index (κ2) is 6.68. The fourth-order valence-electron chi connectivity index (χ4n) is 3.05. The molecule has 1 fully saturated rings. The minimum Gasteiger partial charge on any atom is -0.303 e. The fraction of sp³-hybridized carbons (Fsp3) is 0.263. The first-order valence-electron chi connectivity index (χ1n) is 7.84. The van der Waals surface area contributed by atoms with Crippen molar-refractivity contribution in [2.45, 2.75) is 23.6 Å². The molecule has 1 N–H and O–H groups in total. The number of amidine groups is 1. The largest absolute Gasteiger partial charge is 0.303 e. The summed E-state index contributed by atoms with van der Waals surface area (Å²) in [5, 5.41) is 28.4. The molecule has 1 aliphatic heterocycles. The average Bonchev–Trinajstić information content (AvgIpc) is 3.15. The molecule has 0 spiro atoms. The van der Waals surface area contributed by atoms with Crippen LogP contribution in [-0.4, -0.2) is 28.5 Å². The van der Waals surface area contributed by atoms with Gasteiger partial charge < -0.3 is 4.90 Å². The number of piperidine rings is 1. The van der Waals surface area contributed by atoms with Crippen molar-refractivity contribution in [3.63, 3.8) is 0 Å². The zero-order chi connectivity index (χ0) is 19.1. The van der Waals surface area contributed by atoms with Crippen molar-refractivity contribution in [1.82, 2.24) is 4.90 Å². The number of benzene rings is 1. The maximum Gasteiger partial charge on any atom is 0.242 e. The Labute approximate surface area is 164 Å². The quantitative estimate of drug-likeness (QED) is 0.734. The molecule has 2 heterocycles. The predicted octanol–water partition coefficient (Wildman–Crippen LogP) is 4.02. The van der Waals surface area contributed by atoms with Gasteiger partial charge in [-0.1, -0.05) is 22.9 Å². The van der Waals surface area contributed by atoms with Crippen molar-refractivity contribution < 1.29 is 4.79 Å². The summed E-state index contributed by atoms with van der Waals surface area (Å²) in [6.45, 7) is 1.98. The van der Waals surface area contributed by atoms with Crippen LogP contribution in [0.15, 0.2) is 29.6 Å². The Balaban J connectivity index is 2.03. The Morgan fingerprint density at radius 2 is 1.85 bits per heavy atom. The molecule has 1 aromatic carbocycles. The van der Waals surface area contributed by atoms with Crippen molar-refractivity contribution in [3.8, 4) is 23.3 Å². The Morgan fingerprint density at radius 1 is 1.23 bits per heavy atom. The first kappa shape index (κ1) is 18.3. The third-order valence-corrected chi connectivity index (χ3v) is 7.35. The van der Waals surface area contributed by atoms with Gasteiger partial charge >= 0.3 is 0 Å². The maximum atomic E-state index is 12.4. The normalized spacial score (nSPS) is 22.8. The molecule has 5 nitrogen and oxygen atoms in total. The molecule has 1 amide bonds. The Hall–Kier alpha value is -2.48. The molecule has 0 radical (unpaired) electrons. The molecule has 2 aromatic rings. The summed E-state index contributed by atoms with van der Waals surface area (Å²) in [6, 6.07) is 11.2.